The molecular weight excluding hydrogens is 208 g/mol. The van der Waals surface area contributed by atoms with Crippen LogP contribution >= 0.6 is 0 Å². The van der Waals surface area contributed by atoms with Crippen molar-refractivity contribution in [1.29, 1.82) is 0 Å². The van der Waals surface area contributed by atoms with Crippen molar-refractivity contribution in [3.05, 3.63) is 6.07 Å². The van der Waals surface area contributed by atoms with Crippen LogP contribution in [0.25, 0.3) is 0 Å². The van der Waals surface area contributed by atoms with E-state index in [0.29, 0.717) is 17.7 Å². The number of nitrogen functional groups attached to an aromatic ring is 1. The molecule has 6 heteroatoms. The number of nitrogens with zero attached hydrogens (tertiary/aromatic N) is 2. The highest BCUT2D eigenvalue weighted by Gasteiger charge is 2.14. The maximum atomic E-state index is 5.57. The summed E-state index contributed by atoms with van der Waals surface area (Å²) in [5, 5.41) is 3.31. The van der Waals surface area contributed by atoms with Crippen LogP contribution in [0.1, 0.15) is 12.8 Å². The van der Waals surface area contributed by atoms with Crippen molar-refractivity contribution in [2.45, 2.75) is 18.9 Å². The summed E-state index contributed by atoms with van der Waals surface area (Å²) in [5.41, 5.74) is 5.57. The monoisotopic (exact) mass is 224 g/mol. The number of methoxy groups -OCH3 is 1. The Morgan fingerprint density at radius 3 is 2.88 bits per heavy atom. The molecule has 0 spiro atoms. The molecule has 0 unspecified atom stereocenters. The Balaban J connectivity index is 2.04. The summed E-state index contributed by atoms with van der Waals surface area (Å²) in [6.45, 7) is 1.57. The molecule has 0 bridgehead atoms. The van der Waals surface area contributed by atoms with Gasteiger partial charge in [0.1, 0.15) is 5.82 Å². The van der Waals surface area contributed by atoms with Gasteiger partial charge in [-0.15, -0.1) is 0 Å². The zero-order valence-corrected chi connectivity index (χ0v) is 9.27. The molecular formula is C10H16N4O2. The fourth-order valence-electron chi connectivity index (χ4n) is 1.67. The van der Waals surface area contributed by atoms with Crippen LogP contribution in [0.4, 0.5) is 11.8 Å². The van der Waals surface area contributed by atoms with Gasteiger partial charge in [-0.25, -0.2) is 0 Å². The Morgan fingerprint density at radius 1 is 1.44 bits per heavy atom. The van der Waals surface area contributed by atoms with Gasteiger partial charge < -0.3 is 20.5 Å². The lowest BCUT2D eigenvalue weighted by Gasteiger charge is -2.23. The molecule has 6 nitrogen and oxygen atoms in total. The van der Waals surface area contributed by atoms with Gasteiger partial charge in [0, 0.05) is 25.3 Å². The molecule has 1 aliphatic rings. The van der Waals surface area contributed by atoms with Crippen LogP contribution in [-0.2, 0) is 4.74 Å². The topological polar surface area (TPSA) is 82.3 Å². The van der Waals surface area contributed by atoms with Gasteiger partial charge in [-0.05, 0) is 12.8 Å². The number of rotatable bonds is 3. The van der Waals surface area contributed by atoms with E-state index in [1.165, 1.54) is 0 Å². The van der Waals surface area contributed by atoms with Gasteiger partial charge in [-0.3, -0.25) is 0 Å². The second kappa shape index (κ2) is 4.98. The fraction of sp³-hybridized carbons (Fsp3) is 0.600. The highest BCUT2D eigenvalue weighted by molar-refractivity contribution is 5.43. The highest BCUT2D eigenvalue weighted by Crippen LogP contribution is 2.17. The molecule has 1 aliphatic heterocycles. The van der Waals surface area contributed by atoms with Gasteiger partial charge >= 0.3 is 0 Å². The smallest absolute Gasteiger partial charge is 0.225 e. The molecule has 0 radical (unpaired) electrons. The van der Waals surface area contributed by atoms with Crippen molar-refractivity contribution in [2.75, 3.05) is 31.4 Å². The Morgan fingerprint density at radius 2 is 2.19 bits per heavy atom. The maximum Gasteiger partial charge on any atom is 0.225 e. The lowest BCUT2D eigenvalue weighted by molar-refractivity contribution is 0.0904. The fourth-order valence-corrected chi connectivity index (χ4v) is 1.67. The van der Waals surface area contributed by atoms with Crippen molar-refractivity contribution < 1.29 is 9.47 Å². The van der Waals surface area contributed by atoms with Crippen LogP contribution in [0, 0.1) is 0 Å². The van der Waals surface area contributed by atoms with Crippen LogP contribution < -0.4 is 15.8 Å². The third kappa shape index (κ3) is 2.73. The number of hydrogen-bond donors (Lipinski definition) is 2. The minimum atomic E-state index is 0.217. The summed E-state index contributed by atoms with van der Waals surface area (Å²) in [6.07, 6.45) is 1.96. The molecule has 2 heterocycles. The first-order chi connectivity index (χ1) is 7.78. The lowest BCUT2D eigenvalue weighted by atomic mass is 10.1. The molecule has 0 amide bonds. The number of hydrogen-bond acceptors (Lipinski definition) is 6. The van der Waals surface area contributed by atoms with E-state index in [-0.39, 0.29) is 5.95 Å². The molecule has 0 saturated carbocycles. The van der Waals surface area contributed by atoms with Crippen molar-refractivity contribution in [2.24, 2.45) is 0 Å². The van der Waals surface area contributed by atoms with Crippen molar-refractivity contribution in [3.63, 3.8) is 0 Å². The third-order valence-electron chi connectivity index (χ3n) is 2.50. The third-order valence-corrected chi connectivity index (χ3v) is 2.50. The van der Waals surface area contributed by atoms with Gasteiger partial charge in [0.15, 0.2) is 0 Å². The molecule has 88 valence electrons. The number of aromatic nitrogens is 2. The second-order valence-electron chi connectivity index (χ2n) is 3.68. The Bertz CT molecular complexity index is 353. The van der Waals surface area contributed by atoms with E-state index in [9.17, 15) is 0 Å². The quantitative estimate of drug-likeness (QED) is 0.784. The summed E-state index contributed by atoms with van der Waals surface area (Å²) in [5.74, 6) is 1.40. The SMILES string of the molecule is COc1cc(NC2CCOCC2)nc(N)n1. The van der Waals surface area contributed by atoms with Gasteiger partial charge in [0.25, 0.3) is 0 Å². The minimum Gasteiger partial charge on any atom is -0.481 e. The van der Waals surface area contributed by atoms with E-state index in [2.05, 4.69) is 15.3 Å². The van der Waals surface area contributed by atoms with Gasteiger partial charge in [0.05, 0.1) is 7.11 Å². The Hall–Kier alpha value is -1.56. The van der Waals surface area contributed by atoms with Gasteiger partial charge in [0.2, 0.25) is 11.8 Å². The van der Waals surface area contributed by atoms with E-state index in [1.54, 1.807) is 13.2 Å². The first-order valence-corrected chi connectivity index (χ1v) is 5.31. The molecule has 0 aliphatic carbocycles. The van der Waals surface area contributed by atoms with Crippen molar-refractivity contribution in [3.8, 4) is 5.88 Å². The van der Waals surface area contributed by atoms with Gasteiger partial charge in [-0.2, -0.15) is 9.97 Å². The number of anilines is 2. The standard InChI is InChI=1S/C10H16N4O2/c1-15-9-6-8(13-10(11)14-9)12-7-2-4-16-5-3-7/h6-7H,2-5H2,1H3,(H3,11,12,13,14). The van der Waals surface area contributed by atoms with E-state index in [4.69, 9.17) is 15.2 Å². The molecule has 16 heavy (non-hydrogen) atoms. The Kier molecular flexibility index (Phi) is 3.40. The first kappa shape index (κ1) is 10.9. The minimum absolute atomic E-state index is 0.217. The molecule has 1 fully saturated rings. The summed E-state index contributed by atoms with van der Waals surface area (Å²) >= 11 is 0. The zero-order chi connectivity index (χ0) is 11.4. The maximum absolute atomic E-state index is 5.57. The Labute approximate surface area is 94.2 Å². The normalized spacial score (nSPS) is 17.1. The molecule has 1 aromatic rings. The number of nitrogens with two attached hydrogens (primary N) is 1. The van der Waals surface area contributed by atoms with Crippen LogP contribution in [0.15, 0.2) is 6.07 Å². The van der Waals surface area contributed by atoms with Crippen molar-refractivity contribution in [1.82, 2.24) is 9.97 Å². The van der Waals surface area contributed by atoms with E-state index in [0.717, 1.165) is 26.1 Å². The molecule has 0 aromatic carbocycles. The number of nitrogens with one attached hydrogen (secondary N) is 1. The van der Waals surface area contributed by atoms with E-state index >= 15 is 0 Å². The van der Waals surface area contributed by atoms with Crippen LogP contribution in [0.2, 0.25) is 0 Å². The lowest BCUT2D eigenvalue weighted by Crippen LogP contribution is -2.28. The molecule has 1 saturated heterocycles. The summed E-state index contributed by atoms with van der Waals surface area (Å²) in [4.78, 5) is 8.04. The molecule has 1 aromatic heterocycles. The van der Waals surface area contributed by atoms with E-state index < -0.39 is 0 Å². The second-order valence-corrected chi connectivity index (χ2v) is 3.68. The first-order valence-electron chi connectivity index (χ1n) is 5.31. The zero-order valence-electron chi connectivity index (χ0n) is 9.27. The van der Waals surface area contributed by atoms with Crippen molar-refractivity contribution >= 4 is 11.8 Å². The molecule has 0 atom stereocenters. The largest absolute Gasteiger partial charge is 0.481 e. The highest BCUT2D eigenvalue weighted by atomic mass is 16.5. The van der Waals surface area contributed by atoms with E-state index in [1.807, 2.05) is 0 Å². The molecule has 2 rings (SSSR count). The van der Waals surface area contributed by atoms with Crippen LogP contribution in [0.5, 0.6) is 5.88 Å². The average Bonchev–Trinajstić information content (AvgIpc) is 2.29. The summed E-state index contributed by atoms with van der Waals surface area (Å²) in [7, 11) is 1.56. The predicted molar refractivity (Wildman–Crippen MR) is 60.5 cm³/mol. The summed E-state index contributed by atoms with van der Waals surface area (Å²) < 4.78 is 10.3. The van der Waals surface area contributed by atoms with Gasteiger partial charge in [-0.1, -0.05) is 0 Å². The number of ether oxygens (including phenoxy) is 2. The molecule has 3 N–H and O–H groups in total. The predicted octanol–water partition coefficient (Wildman–Crippen LogP) is 0.658. The average molecular weight is 224 g/mol. The van der Waals surface area contributed by atoms with Crippen LogP contribution in [-0.4, -0.2) is 36.3 Å². The summed E-state index contributed by atoms with van der Waals surface area (Å²) in [6, 6.07) is 2.12. The van der Waals surface area contributed by atoms with Crippen LogP contribution in [0.3, 0.4) is 0 Å².